The molecule has 0 saturated heterocycles. The Hall–Kier alpha value is -0.960. The second kappa shape index (κ2) is 8.81. The first-order valence-corrected chi connectivity index (χ1v) is 13.3. The highest BCUT2D eigenvalue weighted by molar-refractivity contribution is 7.90. The molecule has 6 nitrogen and oxygen atoms in total. The predicted molar refractivity (Wildman–Crippen MR) is 110 cm³/mol. The average molecular weight is 429 g/mol. The maximum atomic E-state index is 12.7. The molecule has 0 heterocycles. The summed E-state index contributed by atoms with van der Waals surface area (Å²) in [4.78, 5) is 0.215. The van der Waals surface area contributed by atoms with Crippen molar-refractivity contribution in [2.75, 3.05) is 0 Å². The van der Waals surface area contributed by atoms with E-state index in [0.717, 1.165) is 51.4 Å². The number of hydrogen-bond acceptors (Lipinski definition) is 4. The number of hydrogen-bond donors (Lipinski definition) is 2. The molecular weight excluding hydrogens is 396 g/mol. The van der Waals surface area contributed by atoms with E-state index in [1.54, 1.807) is 0 Å². The highest BCUT2D eigenvalue weighted by Crippen LogP contribution is 2.27. The lowest BCUT2D eigenvalue weighted by atomic mass is 9.87. The van der Waals surface area contributed by atoms with Crippen molar-refractivity contribution in [2.45, 2.75) is 87.1 Å². The van der Waals surface area contributed by atoms with E-state index in [-0.39, 0.29) is 21.9 Å². The minimum Gasteiger partial charge on any atom is -0.208 e. The van der Waals surface area contributed by atoms with Crippen LogP contribution in [0.5, 0.6) is 0 Å². The molecule has 0 radical (unpaired) electrons. The summed E-state index contributed by atoms with van der Waals surface area (Å²) in [6, 6.07) is 5.43. The molecule has 0 aromatic heterocycles. The average Bonchev–Trinajstić information content (AvgIpc) is 2.65. The second-order valence-corrected chi connectivity index (χ2v) is 12.0. The maximum absolute atomic E-state index is 12.7. The van der Waals surface area contributed by atoms with Gasteiger partial charge < -0.3 is 0 Å². The van der Waals surface area contributed by atoms with Crippen molar-refractivity contribution in [3.63, 3.8) is 0 Å². The molecule has 1 aromatic carbocycles. The van der Waals surface area contributed by atoms with E-state index in [1.165, 1.54) is 24.3 Å². The van der Waals surface area contributed by atoms with Crippen molar-refractivity contribution < 1.29 is 16.8 Å². The van der Waals surface area contributed by atoms with E-state index < -0.39 is 20.0 Å². The van der Waals surface area contributed by atoms with Crippen molar-refractivity contribution in [1.82, 2.24) is 9.44 Å². The van der Waals surface area contributed by atoms with Gasteiger partial charge in [0.1, 0.15) is 0 Å². The van der Waals surface area contributed by atoms with Gasteiger partial charge >= 0.3 is 0 Å². The summed E-state index contributed by atoms with van der Waals surface area (Å²) in [7, 11) is -7.29. The Morgan fingerprint density at radius 2 is 1.21 bits per heavy atom. The van der Waals surface area contributed by atoms with E-state index in [0.29, 0.717) is 11.8 Å². The van der Waals surface area contributed by atoms with Gasteiger partial charge in [-0.1, -0.05) is 26.7 Å². The Morgan fingerprint density at radius 1 is 0.714 bits per heavy atom. The van der Waals surface area contributed by atoms with Crippen LogP contribution in [0.4, 0.5) is 0 Å². The molecule has 2 fully saturated rings. The fourth-order valence-corrected chi connectivity index (χ4v) is 6.91. The van der Waals surface area contributed by atoms with Crippen molar-refractivity contribution in [1.29, 1.82) is 0 Å². The molecule has 2 unspecified atom stereocenters. The third-order valence-corrected chi connectivity index (χ3v) is 9.24. The van der Waals surface area contributed by atoms with Crippen LogP contribution in [0.15, 0.2) is 34.1 Å². The van der Waals surface area contributed by atoms with Gasteiger partial charge in [-0.3, -0.25) is 0 Å². The lowest BCUT2D eigenvalue weighted by molar-refractivity contribution is 0.310. The van der Waals surface area contributed by atoms with Crippen molar-refractivity contribution >= 4 is 20.0 Å². The Bertz CT molecular complexity index is 858. The molecule has 2 aliphatic carbocycles. The molecule has 0 amide bonds. The van der Waals surface area contributed by atoms with E-state index in [2.05, 4.69) is 23.3 Å². The molecule has 2 saturated carbocycles. The van der Waals surface area contributed by atoms with Gasteiger partial charge in [0.05, 0.1) is 9.79 Å². The van der Waals surface area contributed by atoms with Crippen molar-refractivity contribution in [3.8, 4) is 0 Å². The lowest BCUT2D eigenvalue weighted by Crippen LogP contribution is -2.41. The summed E-state index contributed by atoms with van der Waals surface area (Å²) >= 11 is 0. The van der Waals surface area contributed by atoms with Crippen LogP contribution in [-0.2, 0) is 20.0 Å². The third kappa shape index (κ3) is 5.34. The van der Waals surface area contributed by atoms with Crippen LogP contribution in [0, 0.1) is 11.8 Å². The molecule has 2 N–H and O–H groups in total. The molecule has 8 heteroatoms. The first-order valence-electron chi connectivity index (χ1n) is 10.3. The molecule has 1 aromatic rings. The van der Waals surface area contributed by atoms with Crippen LogP contribution in [0.2, 0.25) is 0 Å². The molecule has 3 rings (SSSR count). The van der Waals surface area contributed by atoms with Gasteiger partial charge in [0.25, 0.3) is 0 Å². The SMILES string of the molecule is CC1CCC(NS(=O)(=O)c2ccc(S(=O)(=O)NC3CCCCC3C)cc2)CC1. The van der Waals surface area contributed by atoms with Crippen molar-refractivity contribution in [3.05, 3.63) is 24.3 Å². The fraction of sp³-hybridized carbons (Fsp3) is 0.700. The molecule has 2 atom stereocenters. The maximum Gasteiger partial charge on any atom is 0.240 e. The molecular formula is C20H32N2O4S2. The molecule has 0 bridgehead atoms. The van der Waals surface area contributed by atoms with Crippen LogP contribution in [0.3, 0.4) is 0 Å². The van der Waals surface area contributed by atoms with Crippen LogP contribution >= 0.6 is 0 Å². The third-order valence-electron chi connectivity index (χ3n) is 6.20. The Kier molecular flexibility index (Phi) is 6.84. The molecule has 28 heavy (non-hydrogen) atoms. The molecule has 158 valence electrons. The summed E-state index contributed by atoms with van der Waals surface area (Å²) < 4.78 is 56.2. The van der Waals surface area contributed by atoms with E-state index in [4.69, 9.17) is 0 Å². The Labute approximate surface area is 169 Å². The van der Waals surface area contributed by atoms with Gasteiger partial charge in [-0.2, -0.15) is 0 Å². The standard InChI is InChI=1S/C20H32N2O4S2/c1-15-7-9-17(10-8-15)21-27(23,24)18-11-13-19(14-12-18)28(25,26)22-20-6-4-3-5-16(20)2/h11-17,20-22H,3-10H2,1-2H3. The normalized spacial score (nSPS) is 29.5. The zero-order valence-corrected chi connectivity index (χ0v) is 18.4. The number of sulfonamides is 2. The first kappa shape index (κ1) is 21.7. The summed E-state index contributed by atoms with van der Waals surface area (Å²) in [5.74, 6) is 0.954. The Balaban J connectivity index is 1.68. The van der Waals surface area contributed by atoms with Crippen molar-refractivity contribution in [2.24, 2.45) is 11.8 Å². The molecule has 0 aliphatic heterocycles. The van der Waals surface area contributed by atoms with Gasteiger partial charge in [-0.05, 0) is 74.6 Å². The van der Waals surface area contributed by atoms with Gasteiger partial charge in [0.2, 0.25) is 20.0 Å². The van der Waals surface area contributed by atoms with Gasteiger partial charge in [0, 0.05) is 12.1 Å². The minimum absolute atomic E-state index is 0.0425. The van der Waals surface area contributed by atoms with E-state index in [9.17, 15) is 16.8 Å². The smallest absolute Gasteiger partial charge is 0.208 e. The monoisotopic (exact) mass is 428 g/mol. The second-order valence-electron chi connectivity index (χ2n) is 8.54. The molecule has 2 aliphatic rings. The number of benzene rings is 1. The van der Waals surface area contributed by atoms with Gasteiger partial charge in [-0.25, -0.2) is 26.3 Å². The molecule has 0 spiro atoms. The summed E-state index contributed by atoms with van der Waals surface area (Å²) in [5, 5.41) is 0. The number of rotatable bonds is 6. The highest BCUT2D eigenvalue weighted by atomic mass is 32.2. The van der Waals surface area contributed by atoms with Crippen LogP contribution in [0.25, 0.3) is 0 Å². The highest BCUT2D eigenvalue weighted by Gasteiger charge is 2.28. The van der Waals surface area contributed by atoms with E-state index >= 15 is 0 Å². The largest absolute Gasteiger partial charge is 0.240 e. The lowest BCUT2D eigenvalue weighted by Gasteiger charge is -2.29. The van der Waals surface area contributed by atoms with Gasteiger partial charge in [-0.15, -0.1) is 0 Å². The zero-order valence-electron chi connectivity index (χ0n) is 16.7. The summed E-state index contributed by atoms with van der Waals surface area (Å²) in [6.07, 6.45) is 7.77. The first-order chi connectivity index (χ1) is 13.2. The van der Waals surface area contributed by atoms with Crippen LogP contribution in [0.1, 0.15) is 65.2 Å². The van der Waals surface area contributed by atoms with E-state index in [1.807, 2.05) is 0 Å². The Morgan fingerprint density at radius 3 is 1.75 bits per heavy atom. The predicted octanol–water partition coefficient (Wildman–Crippen LogP) is 3.40. The topological polar surface area (TPSA) is 92.3 Å². The minimum atomic E-state index is -3.65. The van der Waals surface area contributed by atoms with Crippen LogP contribution < -0.4 is 9.44 Å². The van der Waals surface area contributed by atoms with Gasteiger partial charge in [0.15, 0.2) is 0 Å². The summed E-state index contributed by atoms with van der Waals surface area (Å²) in [6.45, 7) is 4.26. The fourth-order valence-electron chi connectivity index (χ4n) is 4.22. The van der Waals surface area contributed by atoms with Crippen LogP contribution in [-0.4, -0.2) is 28.9 Å². The summed E-state index contributed by atoms with van der Waals surface area (Å²) in [5.41, 5.74) is 0. The quantitative estimate of drug-likeness (QED) is 0.726. The number of nitrogens with one attached hydrogen (secondary N) is 2. The zero-order chi connectivity index (χ0) is 20.4.